The fourth-order valence-corrected chi connectivity index (χ4v) is 3.27. The first kappa shape index (κ1) is 18.9. The van der Waals surface area contributed by atoms with Crippen molar-refractivity contribution in [1.82, 2.24) is 9.97 Å². The molecule has 0 aliphatic rings. The van der Waals surface area contributed by atoms with Crippen LogP contribution in [0.5, 0.6) is 5.75 Å². The summed E-state index contributed by atoms with van der Waals surface area (Å²) in [6.07, 6.45) is 1.53. The van der Waals surface area contributed by atoms with Gasteiger partial charge in [-0.1, -0.05) is 42.1 Å². The summed E-state index contributed by atoms with van der Waals surface area (Å²) in [6.45, 7) is 4.41. The molecule has 6 heteroatoms. The van der Waals surface area contributed by atoms with Crippen molar-refractivity contribution in [2.24, 2.45) is 0 Å². The molecule has 1 aromatic heterocycles. The summed E-state index contributed by atoms with van der Waals surface area (Å²) in [5, 5.41) is 3.38. The van der Waals surface area contributed by atoms with Crippen LogP contribution in [-0.2, 0) is 4.79 Å². The SMILES string of the molecule is CCOc1ccc(NC(=O)C(C)Sc2cc(-c3ccccc3)ncn2)cc1. The van der Waals surface area contributed by atoms with Crippen molar-refractivity contribution in [1.29, 1.82) is 0 Å². The second-order valence-corrected chi connectivity index (χ2v) is 7.18. The van der Waals surface area contributed by atoms with Crippen LogP contribution < -0.4 is 10.1 Å². The van der Waals surface area contributed by atoms with E-state index in [1.54, 1.807) is 0 Å². The van der Waals surface area contributed by atoms with Crippen molar-refractivity contribution >= 4 is 23.4 Å². The lowest BCUT2D eigenvalue weighted by atomic mass is 10.1. The van der Waals surface area contributed by atoms with Gasteiger partial charge in [-0.3, -0.25) is 4.79 Å². The van der Waals surface area contributed by atoms with Gasteiger partial charge < -0.3 is 10.1 Å². The monoisotopic (exact) mass is 379 g/mol. The first-order chi connectivity index (χ1) is 13.2. The van der Waals surface area contributed by atoms with Gasteiger partial charge in [0.2, 0.25) is 5.91 Å². The van der Waals surface area contributed by atoms with Crippen LogP contribution in [0.4, 0.5) is 5.69 Å². The number of carbonyl (C=O) groups excluding carboxylic acids is 1. The molecule has 0 spiro atoms. The number of hydrogen-bond donors (Lipinski definition) is 1. The van der Waals surface area contributed by atoms with Crippen LogP contribution in [0.15, 0.2) is 72.0 Å². The van der Waals surface area contributed by atoms with Gasteiger partial charge >= 0.3 is 0 Å². The van der Waals surface area contributed by atoms with E-state index in [1.165, 1.54) is 18.1 Å². The third kappa shape index (κ3) is 5.31. The molecule has 2 aromatic carbocycles. The Bertz CT molecular complexity index is 885. The summed E-state index contributed by atoms with van der Waals surface area (Å²) in [6, 6.07) is 19.2. The molecule has 0 bridgehead atoms. The molecule has 1 heterocycles. The van der Waals surface area contributed by atoms with Crippen LogP contribution in [0.25, 0.3) is 11.3 Å². The van der Waals surface area contributed by atoms with Gasteiger partial charge in [-0.25, -0.2) is 9.97 Å². The van der Waals surface area contributed by atoms with Crippen molar-refractivity contribution in [3.05, 3.63) is 67.0 Å². The summed E-state index contributed by atoms with van der Waals surface area (Å²) >= 11 is 1.40. The molecule has 3 aromatic rings. The minimum Gasteiger partial charge on any atom is -0.494 e. The Labute approximate surface area is 163 Å². The molecule has 5 nitrogen and oxygen atoms in total. The molecule has 1 unspecified atom stereocenters. The maximum atomic E-state index is 12.5. The van der Waals surface area contributed by atoms with Crippen LogP contribution in [0.3, 0.4) is 0 Å². The summed E-state index contributed by atoms with van der Waals surface area (Å²) in [5.41, 5.74) is 2.60. The smallest absolute Gasteiger partial charge is 0.237 e. The van der Waals surface area contributed by atoms with E-state index in [-0.39, 0.29) is 11.2 Å². The minimum atomic E-state index is -0.296. The molecule has 0 aliphatic heterocycles. The fourth-order valence-electron chi connectivity index (χ4n) is 2.45. The zero-order chi connectivity index (χ0) is 19.1. The van der Waals surface area contributed by atoms with Crippen molar-refractivity contribution < 1.29 is 9.53 Å². The molecule has 0 saturated heterocycles. The molecule has 27 heavy (non-hydrogen) atoms. The van der Waals surface area contributed by atoms with Crippen molar-refractivity contribution in [3.8, 4) is 17.0 Å². The Morgan fingerprint density at radius 2 is 1.85 bits per heavy atom. The lowest BCUT2D eigenvalue weighted by molar-refractivity contribution is -0.115. The predicted molar refractivity (Wildman–Crippen MR) is 109 cm³/mol. The third-order valence-corrected chi connectivity index (χ3v) is 4.84. The normalized spacial score (nSPS) is 11.6. The first-order valence-corrected chi connectivity index (χ1v) is 9.61. The lowest BCUT2D eigenvalue weighted by Gasteiger charge is -2.12. The molecule has 0 aliphatic carbocycles. The van der Waals surface area contributed by atoms with Crippen LogP contribution in [0.2, 0.25) is 0 Å². The summed E-state index contributed by atoms with van der Waals surface area (Å²) in [4.78, 5) is 21.1. The van der Waals surface area contributed by atoms with E-state index in [9.17, 15) is 4.79 Å². The van der Waals surface area contributed by atoms with Crippen molar-refractivity contribution in [2.75, 3.05) is 11.9 Å². The van der Waals surface area contributed by atoms with Crippen LogP contribution in [0.1, 0.15) is 13.8 Å². The number of rotatable bonds is 7. The number of carbonyl (C=O) groups is 1. The number of nitrogens with one attached hydrogen (secondary N) is 1. The number of amides is 1. The molecule has 138 valence electrons. The summed E-state index contributed by atoms with van der Waals surface area (Å²) in [5.74, 6) is 0.705. The zero-order valence-corrected chi connectivity index (χ0v) is 16.1. The van der Waals surface area contributed by atoms with E-state index in [4.69, 9.17) is 4.74 Å². The molecule has 1 atom stereocenters. The van der Waals surface area contributed by atoms with E-state index in [2.05, 4.69) is 15.3 Å². The van der Waals surface area contributed by atoms with Crippen LogP contribution >= 0.6 is 11.8 Å². The Balaban J connectivity index is 1.62. The van der Waals surface area contributed by atoms with E-state index >= 15 is 0 Å². The number of aromatic nitrogens is 2. The number of thioether (sulfide) groups is 1. The van der Waals surface area contributed by atoms with E-state index < -0.39 is 0 Å². The van der Waals surface area contributed by atoms with Crippen molar-refractivity contribution in [2.45, 2.75) is 24.1 Å². The number of hydrogen-bond acceptors (Lipinski definition) is 5. The lowest BCUT2D eigenvalue weighted by Crippen LogP contribution is -2.22. The zero-order valence-electron chi connectivity index (χ0n) is 15.3. The van der Waals surface area contributed by atoms with Gasteiger partial charge in [0.25, 0.3) is 0 Å². The van der Waals surface area contributed by atoms with E-state index in [0.29, 0.717) is 6.61 Å². The third-order valence-electron chi connectivity index (χ3n) is 3.81. The van der Waals surface area contributed by atoms with Gasteiger partial charge in [-0.05, 0) is 44.2 Å². The quantitative estimate of drug-likeness (QED) is 0.478. The van der Waals surface area contributed by atoms with Gasteiger partial charge in [0.1, 0.15) is 17.1 Å². The molecular weight excluding hydrogens is 358 g/mol. The second kappa shape index (κ2) is 9.19. The van der Waals surface area contributed by atoms with Gasteiger partial charge in [0.05, 0.1) is 17.6 Å². The Kier molecular flexibility index (Phi) is 6.44. The maximum Gasteiger partial charge on any atom is 0.237 e. The highest BCUT2D eigenvalue weighted by atomic mass is 32.2. The average Bonchev–Trinajstić information content (AvgIpc) is 2.70. The maximum absolute atomic E-state index is 12.5. The minimum absolute atomic E-state index is 0.0796. The molecule has 0 fully saturated rings. The van der Waals surface area contributed by atoms with Gasteiger partial charge in [-0.15, -0.1) is 0 Å². The van der Waals surface area contributed by atoms with Gasteiger partial charge in [0.15, 0.2) is 0 Å². The number of anilines is 1. The first-order valence-electron chi connectivity index (χ1n) is 8.73. The molecule has 1 amide bonds. The Morgan fingerprint density at radius 1 is 1.11 bits per heavy atom. The van der Waals surface area contributed by atoms with Crippen LogP contribution in [0, 0.1) is 0 Å². The van der Waals surface area contributed by atoms with Crippen LogP contribution in [-0.4, -0.2) is 27.7 Å². The van der Waals surface area contributed by atoms with Crippen molar-refractivity contribution in [3.63, 3.8) is 0 Å². The summed E-state index contributed by atoms with van der Waals surface area (Å²) < 4.78 is 5.41. The molecule has 3 rings (SSSR count). The average molecular weight is 379 g/mol. The molecule has 0 radical (unpaired) electrons. The van der Waals surface area contributed by atoms with Gasteiger partial charge in [-0.2, -0.15) is 0 Å². The highest BCUT2D eigenvalue weighted by Gasteiger charge is 2.16. The second-order valence-electron chi connectivity index (χ2n) is 5.81. The Morgan fingerprint density at radius 3 is 2.56 bits per heavy atom. The van der Waals surface area contributed by atoms with E-state index in [1.807, 2.05) is 74.5 Å². The number of ether oxygens (including phenoxy) is 1. The predicted octanol–water partition coefficient (Wildman–Crippen LogP) is 4.66. The largest absolute Gasteiger partial charge is 0.494 e. The molecule has 0 saturated carbocycles. The highest BCUT2D eigenvalue weighted by molar-refractivity contribution is 8.00. The molecular formula is C21H21N3O2S. The number of benzene rings is 2. The number of nitrogens with zero attached hydrogens (tertiary/aromatic N) is 2. The summed E-state index contributed by atoms with van der Waals surface area (Å²) in [7, 11) is 0. The molecule has 1 N–H and O–H groups in total. The van der Waals surface area contributed by atoms with E-state index in [0.717, 1.165) is 27.7 Å². The topological polar surface area (TPSA) is 64.1 Å². The Hall–Kier alpha value is -2.86. The fraction of sp³-hybridized carbons (Fsp3) is 0.190. The van der Waals surface area contributed by atoms with Gasteiger partial charge in [0, 0.05) is 11.3 Å². The standard InChI is InChI=1S/C21H21N3O2S/c1-3-26-18-11-9-17(10-12-18)24-21(25)15(2)27-20-13-19(22-14-23-20)16-7-5-4-6-8-16/h4-15H,3H2,1-2H3,(H,24,25). The highest BCUT2D eigenvalue weighted by Crippen LogP contribution is 2.26.